The minimum atomic E-state index is -1.71. The summed E-state index contributed by atoms with van der Waals surface area (Å²) in [6.45, 7) is 3.84. The highest BCUT2D eigenvalue weighted by molar-refractivity contribution is 6.68. The third-order valence-electron chi connectivity index (χ3n) is 3.33. The highest BCUT2D eigenvalue weighted by atomic mass is 35.6. The highest BCUT2D eigenvalue weighted by Crippen LogP contribution is 2.31. The van der Waals surface area contributed by atoms with E-state index in [1.807, 2.05) is 50.2 Å². The van der Waals surface area contributed by atoms with E-state index in [0.717, 1.165) is 16.8 Å². The van der Waals surface area contributed by atoms with Gasteiger partial charge in [0.2, 0.25) is 3.79 Å². The van der Waals surface area contributed by atoms with Gasteiger partial charge in [-0.05, 0) is 37.6 Å². The summed E-state index contributed by atoms with van der Waals surface area (Å²) in [7, 11) is 0. The molecule has 122 valence electrons. The summed E-state index contributed by atoms with van der Waals surface area (Å²) in [6.07, 6.45) is -0.874. The van der Waals surface area contributed by atoms with E-state index in [-0.39, 0.29) is 5.91 Å². The Morgan fingerprint density at radius 3 is 2.35 bits per heavy atom. The Labute approximate surface area is 150 Å². The topological polar surface area (TPSA) is 41.1 Å². The molecule has 0 spiro atoms. The molecule has 2 aromatic rings. The summed E-state index contributed by atoms with van der Waals surface area (Å²) >= 11 is 18.1. The van der Waals surface area contributed by atoms with Crippen LogP contribution in [0, 0.1) is 13.8 Å². The molecule has 0 heterocycles. The fraction of sp³-hybridized carbons (Fsp3) is 0.235. The van der Waals surface area contributed by atoms with Crippen LogP contribution >= 0.6 is 34.8 Å². The van der Waals surface area contributed by atoms with Crippen LogP contribution in [0.4, 0.5) is 5.69 Å². The molecule has 0 aliphatic carbocycles. The molecule has 0 bridgehead atoms. The fourth-order valence-corrected chi connectivity index (χ4v) is 2.42. The van der Waals surface area contributed by atoms with Crippen molar-refractivity contribution in [1.82, 2.24) is 5.32 Å². The lowest BCUT2D eigenvalue weighted by Gasteiger charge is -2.28. The summed E-state index contributed by atoms with van der Waals surface area (Å²) in [5, 5.41) is 5.81. The number of para-hydroxylation sites is 1. The Balaban J connectivity index is 2.20. The second-order valence-electron chi connectivity index (χ2n) is 5.28. The summed E-state index contributed by atoms with van der Waals surface area (Å²) in [5.41, 5.74) is 3.26. The summed E-state index contributed by atoms with van der Waals surface area (Å²) in [5.74, 6) is -0.314. The minimum absolute atomic E-state index is 0.314. The number of rotatable bonds is 4. The Morgan fingerprint density at radius 2 is 1.74 bits per heavy atom. The highest BCUT2D eigenvalue weighted by Gasteiger charge is 2.34. The van der Waals surface area contributed by atoms with Gasteiger partial charge in [-0.15, -0.1) is 0 Å². The molecular formula is C17H17Cl3N2O. The Morgan fingerprint density at radius 1 is 1.04 bits per heavy atom. The Bertz CT molecular complexity index is 698. The van der Waals surface area contributed by atoms with Gasteiger partial charge in [0, 0.05) is 11.3 Å². The molecule has 0 saturated carbocycles. The fourth-order valence-electron chi connectivity index (χ4n) is 2.09. The second-order valence-corrected chi connectivity index (χ2v) is 7.65. The molecule has 0 fully saturated rings. The van der Waals surface area contributed by atoms with Crippen molar-refractivity contribution in [3.63, 3.8) is 0 Å². The summed E-state index contributed by atoms with van der Waals surface area (Å²) in [4.78, 5) is 12.4. The molecule has 2 aromatic carbocycles. The minimum Gasteiger partial charge on any atom is -0.362 e. The van der Waals surface area contributed by atoms with Gasteiger partial charge in [0.1, 0.15) is 6.17 Å². The first kappa shape index (κ1) is 17.9. The van der Waals surface area contributed by atoms with Crippen LogP contribution in [0.1, 0.15) is 21.5 Å². The van der Waals surface area contributed by atoms with Crippen LogP contribution in [0.15, 0.2) is 48.5 Å². The maximum absolute atomic E-state index is 12.4. The lowest BCUT2D eigenvalue weighted by atomic mass is 10.1. The molecule has 2 N–H and O–H groups in total. The molecule has 1 amide bonds. The average molecular weight is 372 g/mol. The van der Waals surface area contributed by atoms with Crippen molar-refractivity contribution < 1.29 is 4.79 Å². The van der Waals surface area contributed by atoms with Gasteiger partial charge in [-0.25, -0.2) is 0 Å². The third-order valence-corrected chi connectivity index (χ3v) is 3.98. The normalized spacial score (nSPS) is 12.6. The van der Waals surface area contributed by atoms with Gasteiger partial charge < -0.3 is 10.6 Å². The number of nitrogens with one attached hydrogen (secondary N) is 2. The molecule has 2 rings (SSSR count). The van der Waals surface area contributed by atoms with Crippen LogP contribution in [0.3, 0.4) is 0 Å². The van der Waals surface area contributed by atoms with Crippen LogP contribution in [0.2, 0.25) is 0 Å². The number of amides is 1. The van der Waals surface area contributed by atoms with Crippen LogP contribution in [0.25, 0.3) is 0 Å². The monoisotopic (exact) mass is 370 g/mol. The van der Waals surface area contributed by atoms with Crippen molar-refractivity contribution in [1.29, 1.82) is 0 Å². The van der Waals surface area contributed by atoms with Crippen LogP contribution in [-0.4, -0.2) is 15.9 Å². The molecule has 3 nitrogen and oxygen atoms in total. The molecule has 0 unspecified atom stereocenters. The van der Waals surface area contributed by atoms with E-state index in [1.54, 1.807) is 12.1 Å². The van der Waals surface area contributed by atoms with Gasteiger partial charge in [-0.1, -0.05) is 70.7 Å². The van der Waals surface area contributed by atoms with Crippen molar-refractivity contribution in [2.75, 3.05) is 5.32 Å². The molecule has 0 radical (unpaired) electrons. The van der Waals surface area contributed by atoms with Crippen LogP contribution in [-0.2, 0) is 0 Å². The van der Waals surface area contributed by atoms with E-state index in [0.29, 0.717) is 5.56 Å². The van der Waals surface area contributed by atoms with Crippen molar-refractivity contribution in [3.05, 3.63) is 65.2 Å². The number of alkyl halides is 3. The SMILES string of the molecule is Cc1cccc(C(=O)N[C@H](Nc2ccccc2C)C(Cl)(Cl)Cl)c1. The number of anilines is 1. The van der Waals surface area contributed by atoms with E-state index < -0.39 is 9.96 Å². The molecule has 1 atom stereocenters. The summed E-state index contributed by atoms with van der Waals surface area (Å²) < 4.78 is -1.71. The predicted octanol–water partition coefficient (Wildman–Crippen LogP) is 4.84. The van der Waals surface area contributed by atoms with E-state index in [4.69, 9.17) is 34.8 Å². The standard InChI is InChI=1S/C17H17Cl3N2O/c1-11-6-5-8-13(10-11)15(23)22-16(17(18,19)20)21-14-9-4-3-7-12(14)2/h3-10,16,21H,1-2H3,(H,22,23)/t16-/m0/s1. The zero-order chi connectivity index (χ0) is 17.0. The molecule has 6 heteroatoms. The number of aryl methyl sites for hydroxylation is 2. The van der Waals surface area contributed by atoms with Gasteiger partial charge in [0.15, 0.2) is 0 Å². The van der Waals surface area contributed by atoms with Gasteiger partial charge in [-0.2, -0.15) is 0 Å². The molecule has 0 aliphatic rings. The average Bonchev–Trinajstić information content (AvgIpc) is 2.47. The number of halogens is 3. The number of benzene rings is 2. The largest absolute Gasteiger partial charge is 0.362 e. The quantitative estimate of drug-likeness (QED) is 0.596. The Kier molecular flexibility index (Phi) is 5.79. The zero-order valence-corrected chi connectivity index (χ0v) is 15.0. The first-order valence-corrected chi connectivity index (χ1v) is 8.17. The van der Waals surface area contributed by atoms with Crippen LogP contribution < -0.4 is 10.6 Å². The second kappa shape index (κ2) is 7.43. The molecule has 0 aromatic heterocycles. The van der Waals surface area contributed by atoms with Crippen molar-refractivity contribution in [3.8, 4) is 0 Å². The van der Waals surface area contributed by atoms with Crippen molar-refractivity contribution in [2.45, 2.75) is 23.8 Å². The molecule has 0 aliphatic heterocycles. The van der Waals surface area contributed by atoms with Crippen molar-refractivity contribution in [2.24, 2.45) is 0 Å². The Hall–Kier alpha value is -1.42. The third kappa shape index (κ3) is 5.03. The first-order chi connectivity index (χ1) is 10.8. The molecule has 0 saturated heterocycles. The lowest BCUT2D eigenvalue weighted by molar-refractivity contribution is 0.0941. The number of hydrogen-bond acceptors (Lipinski definition) is 2. The predicted molar refractivity (Wildman–Crippen MR) is 97.5 cm³/mol. The van der Waals surface area contributed by atoms with Gasteiger partial charge >= 0.3 is 0 Å². The first-order valence-electron chi connectivity index (χ1n) is 7.04. The van der Waals surface area contributed by atoms with Gasteiger partial charge in [0.05, 0.1) is 0 Å². The maximum Gasteiger partial charge on any atom is 0.252 e. The molecule has 23 heavy (non-hydrogen) atoms. The lowest BCUT2D eigenvalue weighted by Crippen LogP contribution is -2.49. The van der Waals surface area contributed by atoms with Crippen LogP contribution in [0.5, 0.6) is 0 Å². The summed E-state index contributed by atoms with van der Waals surface area (Å²) in [6, 6.07) is 14.8. The number of hydrogen-bond donors (Lipinski definition) is 2. The van der Waals surface area contributed by atoms with E-state index >= 15 is 0 Å². The van der Waals surface area contributed by atoms with Gasteiger partial charge in [0.25, 0.3) is 5.91 Å². The maximum atomic E-state index is 12.4. The van der Waals surface area contributed by atoms with Gasteiger partial charge in [-0.3, -0.25) is 4.79 Å². The smallest absolute Gasteiger partial charge is 0.252 e. The van der Waals surface area contributed by atoms with Crippen molar-refractivity contribution >= 4 is 46.4 Å². The number of carbonyl (C=O) groups is 1. The van der Waals surface area contributed by atoms with E-state index in [2.05, 4.69) is 10.6 Å². The van der Waals surface area contributed by atoms with E-state index in [9.17, 15) is 4.79 Å². The van der Waals surface area contributed by atoms with E-state index in [1.165, 1.54) is 0 Å². The zero-order valence-electron chi connectivity index (χ0n) is 12.7. The molecular weight excluding hydrogens is 355 g/mol. The number of carbonyl (C=O) groups excluding carboxylic acids is 1.